The first-order chi connectivity index (χ1) is 11.6. The van der Waals surface area contributed by atoms with E-state index in [1.54, 1.807) is 18.4 Å². The summed E-state index contributed by atoms with van der Waals surface area (Å²) in [5.41, 5.74) is -0.976. The van der Waals surface area contributed by atoms with Crippen LogP contribution in [-0.4, -0.2) is 33.6 Å². The molecule has 2 fully saturated rings. The molecule has 140 valence electrons. The van der Waals surface area contributed by atoms with Crippen LogP contribution in [0.25, 0.3) is 0 Å². The molecule has 0 aromatic carbocycles. The van der Waals surface area contributed by atoms with Crippen molar-refractivity contribution in [1.29, 1.82) is 0 Å². The van der Waals surface area contributed by atoms with E-state index in [0.717, 1.165) is 16.2 Å². The van der Waals surface area contributed by atoms with Crippen LogP contribution in [0.4, 0.5) is 0 Å². The summed E-state index contributed by atoms with van der Waals surface area (Å²) in [6, 6.07) is 3.96. The largest absolute Gasteiger partial charge is 0.375 e. The predicted molar refractivity (Wildman–Crippen MR) is 99.2 cm³/mol. The van der Waals surface area contributed by atoms with Gasteiger partial charge in [0.25, 0.3) is 0 Å². The molecule has 2 bridgehead atoms. The van der Waals surface area contributed by atoms with Crippen molar-refractivity contribution in [2.45, 2.75) is 46.1 Å². The van der Waals surface area contributed by atoms with Crippen LogP contribution >= 0.6 is 11.3 Å². The Hall–Kier alpha value is -0.760. The summed E-state index contributed by atoms with van der Waals surface area (Å²) < 4.78 is 33.6. The third kappa shape index (κ3) is 3.20. The molecule has 3 atom stereocenters. The maximum absolute atomic E-state index is 12.7. The molecule has 25 heavy (non-hydrogen) atoms. The second kappa shape index (κ2) is 6.44. The molecule has 2 aliphatic carbocycles. The standard InChI is InChI=1S/C18H27NO4S2/c1-12-5-6-15(24-12)14(23-4)10-19-25(21,22)11-18-8-7-13(9-16(18)20)17(18,2)3/h5-6,13-14,19H,7-11H2,1-4H3/t13-,14+,18-/m0/s1. The molecule has 0 aliphatic heterocycles. The Morgan fingerprint density at radius 1 is 1.40 bits per heavy atom. The minimum Gasteiger partial charge on any atom is -0.375 e. The lowest BCUT2D eigenvalue weighted by Gasteiger charge is -2.36. The van der Waals surface area contributed by atoms with Crippen molar-refractivity contribution in [3.8, 4) is 0 Å². The molecular formula is C18H27NO4S2. The lowest BCUT2D eigenvalue weighted by atomic mass is 9.70. The fraction of sp³-hybridized carbons (Fsp3) is 0.722. The lowest BCUT2D eigenvalue weighted by Crippen LogP contribution is -2.45. The molecule has 1 aromatic rings. The highest BCUT2D eigenvalue weighted by Crippen LogP contribution is 2.64. The molecule has 2 aliphatic rings. The molecule has 0 saturated heterocycles. The molecule has 1 aromatic heterocycles. The van der Waals surface area contributed by atoms with Gasteiger partial charge in [-0.1, -0.05) is 13.8 Å². The lowest BCUT2D eigenvalue weighted by molar-refractivity contribution is -0.128. The van der Waals surface area contributed by atoms with Gasteiger partial charge in [-0.15, -0.1) is 11.3 Å². The number of hydrogen-bond acceptors (Lipinski definition) is 5. The van der Waals surface area contributed by atoms with E-state index in [1.165, 1.54) is 0 Å². The van der Waals surface area contributed by atoms with Crippen LogP contribution < -0.4 is 4.72 Å². The van der Waals surface area contributed by atoms with Crippen molar-refractivity contribution in [1.82, 2.24) is 4.72 Å². The molecule has 3 rings (SSSR count). The Labute approximate surface area is 154 Å². The van der Waals surface area contributed by atoms with Gasteiger partial charge in [-0.3, -0.25) is 4.79 Å². The third-order valence-electron chi connectivity index (χ3n) is 6.43. The van der Waals surface area contributed by atoms with E-state index < -0.39 is 15.4 Å². The number of Topliss-reactive ketones (excluding diaryl/α,β-unsaturated/α-hetero) is 1. The minimum atomic E-state index is -3.57. The van der Waals surface area contributed by atoms with E-state index in [4.69, 9.17) is 4.74 Å². The zero-order chi connectivity index (χ0) is 18.5. The van der Waals surface area contributed by atoms with Gasteiger partial charge < -0.3 is 4.74 Å². The Kier molecular flexibility index (Phi) is 4.90. The molecular weight excluding hydrogens is 358 g/mol. The van der Waals surface area contributed by atoms with E-state index >= 15 is 0 Å². The van der Waals surface area contributed by atoms with Crippen LogP contribution in [-0.2, 0) is 19.6 Å². The van der Waals surface area contributed by atoms with Gasteiger partial charge in [-0.2, -0.15) is 0 Å². The number of carbonyl (C=O) groups is 1. The number of thiophene rings is 1. The van der Waals surface area contributed by atoms with Crippen LogP contribution in [0.3, 0.4) is 0 Å². The second-order valence-corrected chi connectivity index (χ2v) is 11.1. The van der Waals surface area contributed by atoms with Crippen molar-refractivity contribution in [2.24, 2.45) is 16.7 Å². The quantitative estimate of drug-likeness (QED) is 0.783. The Morgan fingerprint density at radius 3 is 2.60 bits per heavy atom. The number of fused-ring (bicyclic) bond motifs is 2. The van der Waals surface area contributed by atoms with Crippen molar-refractivity contribution in [2.75, 3.05) is 19.4 Å². The molecule has 1 heterocycles. The Morgan fingerprint density at radius 2 is 2.12 bits per heavy atom. The highest BCUT2D eigenvalue weighted by molar-refractivity contribution is 7.89. The number of ether oxygens (including phenoxy) is 1. The van der Waals surface area contributed by atoms with Gasteiger partial charge in [-0.05, 0) is 43.2 Å². The van der Waals surface area contributed by atoms with E-state index in [9.17, 15) is 13.2 Å². The SMILES string of the molecule is CO[C@H](CNS(=O)(=O)C[C@@]12CC[C@@H](CC1=O)C2(C)C)c1ccc(C)s1. The van der Waals surface area contributed by atoms with Crippen LogP contribution in [0, 0.1) is 23.7 Å². The van der Waals surface area contributed by atoms with Crippen molar-refractivity contribution in [3.63, 3.8) is 0 Å². The van der Waals surface area contributed by atoms with Crippen LogP contribution in [0.15, 0.2) is 12.1 Å². The molecule has 0 amide bonds. The Balaban J connectivity index is 1.71. The highest BCUT2D eigenvalue weighted by Gasteiger charge is 2.65. The zero-order valence-electron chi connectivity index (χ0n) is 15.3. The number of methoxy groups -OCH3 is 1. The average Bonchev–Trinajstić information content (AvgIpc) is 3.09. The molecule has 0 radical (unpaired) electrons. The molecule has 7 heteroatoms. The number of rotatable bonds is 7. The average molecular weight is 386 g/mol. The van der Waals surface area contributed by atoms with Gasteiger partial charge in [0.05, 0.1) is 5.75 Å². The number of nitrogens with one attached hydrogen (secondary N) is 1. The monoisotopic (exact) mass is 385 g/mol. The fourth-order valence-corrected chi connectivity index (χ4v) is 7.40. The van der Waals surface area contributed by atoms with Crippen molar-refractivity contribution < 1.29 is 17.9 Å². The normalized spacial score (nSPS) is 29.3. The molecule has 2 saturated carbocycles. The summed E-state index contributed by atoms with van der Waals surface area (Å²) in [7, 11) is -1.98. The maximum Gasteiger partial charge on any atom is 0.212 e. The second-order valence-electron chi connectivity index (χ2n) is 7.95. The first-order valence-corrected chi connectivity index (χ1v) is 11.2. The number of hydrogen-bond donors (Lipinski definition) is 1. The minimum absolute atomic E-state index is 0.109. The highest BCUT2D eigenvalue weighted by atomic mass is 32.2. The number of ketones is 1. The number of sulfonamides is 1. The Bertz CT molecular complexity index is 768. The summed E-state index contributed by atoms with van der Waals surface area (Å²) in [5, 5.41) is 0. The first kappa shape index (κ1) is 19.0. The van der Waals surface area contributed by atoms with E-state index in [0.29, 0.717) is 18.8 Å². The van der Waals surface area contributed by atoms with Gasteiger partial charge >= 0.3 is 0 Å². The van der Waals surface area contributed by atoms with Gasteiger partial charge in [-0.25, -0.2) is 13.1 Å². The zero-order valence-corrected chi connectivity index (χ0v) is 16.9. The predicted octanol–water partition coefficient (Wildman–Crippen LogP) is 3.06. The summed E-state index contributed by atoms with van der Waals surface area (Å²) in [4.78, 5) is 14.7. The van der Waals surface area contributed by atoms with Gasteiger partial charge in [0.1, 0.15) is 11.9 Å². The van der Waals surface area contributed by atoms with E-state index in [-0.39, 0.29) is 29.6 Å². The van der Waals surface area contributed by atoms with Crippen LogP contribution in [0.1, 0.15) is 49.0 Å². The van der Waals surface area contributed by atoms with Gasteiger partial charge in [0, 0.05) is 35.2 Å². The number of carbonyl (C=O) groups excluding carboxylic acids is 1. The first-order valence-electron chi connectivity index (χ1n) is 8.71. The maximum atomic E-state index is 12.7. The molecule has 1 N–H and O–H groups in total. The molecule has 5 nitrogen and oxygen atoms in total. The third-order valence-corrected chi connectivity index (χ3v) is 9.00. The van der Waals surface area contributed by atoms with Crippen molar-refractivity contribution in [3.05, 3.63) is 21.9 Å². The van der Waals surface area contributed by atoms with Crippen LogP contribution in [0.5, 0.6) is 0 Å². The molecule has 0 spiro atoms. The smallest absolute Gasteiger partial charge is 0.212 e. The van der Waals surface area contributed by atoms with E-state index in [2.05, 4.69) is 18.6 Å². The fourth-order valence-electron chi connectivity index (χ4n) is 4.61. The summed E-state index contributed by atoms with van der Waals surface area (Å²) >= 11 is 1.60. The van der Waals surface area contributed by atoms with Gasteiger partial charge in [0.2, 0.25) is 10.0 Å². The summed E-state index contributed by atoms with van der Waals surface area (Å²) in [6.45, 7) is 6.30. The topological polar surface area (TPSA) is 72.5 Å². The van der Waals surface area contributed by atoms with Gasteiger partial charge in [0.15, 0.2) is 0 Å². The summed E-state index contributed by atoms with van der Waals surface area (Å²) in [5.74, 6) is 0.328. The van der Waals surface area contributed by atoms with E-state index in [1.807, 2.05) is 19.1 Å². The summed E-state index contributed by atoms with van der Waals surface area (Å²) in [6.07, 6.45) is 1.85. The van der Waals surface area contributed by atoms with Crippen molar-refractivity contribution >= 4 is 27.1 Å². The molecule has 0 unspecified atom stereocenters. The number of aryl methyl sites for hydroxylation is 1. The van der Waals surface area contributed by atoms with Crippen LogP contribution in [0.2, 0.25) is 0 Å².